The second kappa shape index (κ2) is 6.46. The van der Waals surface area contributed by atoms with Crippen LogP contribution in [0.4, 0.5) is 0 Å². The Hall–Kier alpha value is -0.120. The third-order valence-corrected chi connectivity index (χ3v) is 3.07. The van der Waals surface area contributed by atoms with Gasteiger partial charge in [-0.2, -0.15) is 0 Å². The zero-order chi connectivity index (χ0) is 11.3. The van der Waals surface area contributed by atoms with Crippen molar-refractivity contribution in [3.8, 4) is 0 Å². The Morgan fingerprint density at radius 1 is 1.27 bits per heavy atom. The lowest BCUT2D eigenvalue weighted by molar-refractivity contribution is -0.0229. The van der Waals surface area contributed by atoms with Gasteiger partial charge in [-0.05, 0) is 39.0 Å². The fraction of sp³-hybridized carbons (Fsp3) is 1.00. The lowest BCUT2D eigenvalue weighted by atomic mass is 9.83. The molecule has 1 aliphatic rings. The summed E-state index contributed by atoms with van der Waals surface area (Å²) in [5.41, 5.74) is 0. The third kappa shape index (κ3) is 4.96. The van der Waals surface area contributed by atoms with E-state index in [0.717, 1.165) is 19.3 Å². The topological polar surface area (TPSA) is 49.7 Å². The molecule has 90 valence electrons. The zero-order valence-electron chi connectivity index (χ0n) is 9.85. The molecule has 0 aromatic heterocycles. The zero-order valence-corrected chi connectivity index (χ0v) is 9.85. The Kier molecular flexibility index (Phi) is 5.58. The molecule has 0 radical (unpaired) electrons. The van der Waals surface area contributed by atoms with Gasteiger partial charge in [-0.1, -0.05) is 12.8 Å². The molecule has 1 rings (SSSR count). The van der Waals surface area contributed by atoms with Crippen LogP contribution in [-0.2, 0) is 4.74 Å². The fourth-order valence-corrected chi connectivity index (χ4v) is 2.18. The van der Waals surface area contributed by atoms with Gasteiger partial charge in [-0.15, -0.1) is 0 Å². The summed E-state index contributed by atoms with van der Waals surface area (Å²) in [5, 5.41) is 19.5. The van der Waals surface area contributed by atoms with Gasteiger partial charge in [0.05, 0.1) is 24.9 Å². The molecule has 0 amide bonds. The van der Waals surface area contributed by atoms with Gasteiger partial charge in [0.2, 0.25) is 0 Å². The minimum atomic E-state index is -0.426. The molecule has 3 atom stereocenters. The molecule has 1 saturated carbocycles. The Bertz CT molecular complexity index is 170. The predicted octanol–water partition coefficient (Wildman–Crippen LogP) is 1.71. The molecule has 0 aromatic carbocycles. The van der Waals surface area contributed by atoms with Crippen LogP contribution in [0.15, 0.2) is 0 Å². The number of aliphatic hydroxyl groups is 2. The van der Waals surface area contributed by atoms with Crippen LogP contribution in [0, 0.1) is 5.92 Å². The van der Waals surface area contributed by atoms with Crippen molar-refractivity contribution >= 4 is 0 Å². The molecular weight excluding hydrogens is 192 g/mol. The molecule has 0 heterocycles. The molecule has 0 aromatic rings. The van der Waals surface area contributed by atoms with E-state index in [-0.39, 0.29) is 18.1 Å². The Morgan fingerprint density at radius 2 is 1.93 bits per heavy atom. The van der Waals surface area contributed by atoms with E-state index in [2.05, 4.69) is 0 Å². The third-order valence-electron chi connectivity index (χ3n) is 3.07. The average Bonchev–Trinajstić information content (AvgIpc) is 2.18. The Labute approximate surface area is 92.4 Å². The molecule has 0 aliphatic heterocycles. The van der Waals surface area contributed by atoms with E-state index in [9.17, 15) is 10.2 Å². The first kappa shape index (κ1) is 12.9. The van der Waals surface area contributed by atoms with Crippen molar-refractivity contribution in [2.45, 2.75) is 64.3 Å². The summed E-state index contributed by atoms with van der Waals surface area (Å²) in [5.74, 6) is 0.268. The molecular formula is C12H24O3. The van der Waals surface area contributed by atoms with Gasteiger partial charge in [0, 0.05) is 0 Å². The van der Waals surface area contributed by atoms with E-state index in [0.29, 0.717) is 13.0 Å². The standard InChI is InChI=1S/C12H24O3/c1-9(2)15-8-11(13)7-10-5-3-4-6-12(10)14/h9-14H,3-8H2,1-2H3. The van der Waals surface area contributed by atoms with Crippen LogP contribution in [0.1, 0.15) is 46.0 Å². The van der Waals surface area contributed by atoms with Gasteiger partial charge in [0.25, 0.3) is 0 Å². The summed E-state index contributed by atoms with van der Waals surface area (Å²) in [6.45, 7) is 4.31. The molecule has 3 nitrogen and oxygen atoms in total. The maximum absolute atomic E-state index is 9.74. The van der Waals surface area contributed by atoms with Crippen molar-refractivity contribution in [2.75, 3.05) is 6.61 Å². The van der Waals surface area contributed by atoms with Gasteiger partial charge < -0.3 is 14.9 Å². The quantitative estimate of drug-likeness (QED) is 0.735. The van der Waals surface area contributed by atoms with Crippen molar-refractivity contribution in [3.63, 3.8) is 0 Å². The summed E-state index contributed by atoms with van der Waals surface area (Å²) in [6.07, 6.45) is 4.43. The molecule has 2 N–H and O–H groups in total. The summed E-state index contributed by atoms with van der Waals surface area (Å²) < 4.78 is 5.35. The van der Waals surface area contributed by atoms with Crippen LogP contribution >= 0.6 is 0 Å². The van der Waals surface area contributed by atoms with Gasteiger partial charge in [-0.3, -0.25) is 0 Å². The predicted molar refractivity (Wildman–Crippen MR) is 59.7 cm³/mol. The van der Waals surface area contributed by atoms with Crippen LogP contribution in [0.3, 0.4) is 0 Å². The molecule has 0 saturated heterocycles. The van der Waals surface area contributed by atoms with E-state index in [4.69, 9.17) is 4.74 Å². The second-order valence-electron chi connectivity index (χ2n) is 4.88. The summed E-state index contributed by atoms with van der Waals surface area (Å²) in [4.78, 5) is 0. The molecule has 0 spiro atoms. The van der Waals surface area contributed by atoms with Crippen LogP contribution in [0.2, 0.25) is 0 Å². The number of aliphatic hydroxyl groups excluding tert-OH is 2. The highest BCUT2D eigenvalue weighted by Gasteiger charge is 2.25. The lowest BCUT2D eigenvalue weighted by Crippen LogP contribution is -2.30. The van der Waals surface area contributed by atoms with E-state index >= 15 is 0 Å². The van der Waals surface area contributed by atoms with Crippen molar-refractivity contribution < 1.29 is 14.9 Å². The van der Waals surface area contributed by atoms with Gasteiger partial charge >= 0.3 is 0 Å². The van der Waals surface area contributed by atoms with E-state index in [1.807, 2.05) is 13.8 Å². The number of hydrogen-bond acceptors (Lipinski definition) is 3. The number of ether oxygens (including phenoxy) is 1. The summed E-state index contributed by atoms with van der Waals surface area (Å²) in [6, 6.07) is 0. The van der Waals surface area contributed by atoms with Crippen LogP contribution < -0.4 is 0 Å². The molecule has 3 heteroatoms. The number of hydrogen-bond donors (Lipinski definition) is 2. The summed E-state index contributed by atoms with van der Waals surface area (Å²) in [7, 11) is 0. The fourth-order valence-electron chi connectivity index (χ4n) is 2.18. The first-order valence-corrected chi connectivity index (χ1v) is 6.07. The van der Waals surface area contributed by atoms with Gasteiger partial charge in [-0.25, -0.2) is 0 Å². The minimum Gasteiger partial charge on any atom is -0.393 e. The SMILES string of the molecule is CC(C)OCC(O)CC1CCCCC1O. The van der Waals surface area contributed by atoms with Crippen molar-refractivity contribution in [1.29, 1.82) is 0 Å². The van der Waals surface area contributed by atoms with E-state index < -0.39 is 6.10 Å². The van der Waals surface area contributed by atoms with E-state index in [1.165, 1.54) is 6.42 Å². The minimum absolute atomic E-state index is 0.163. The molecule has 1 aliphatic carbocycles. The second-order valence-corrected chi connectivity index (χ2v) is 4.88. The first-order chi connectivity index (χ1) is 7.09. The maximum Gasteiger partial charge on any atom is 0.0777 e. The normalized spacial score (nSPS) is 29.4. The molecule has 0 bridgehead atoms. The first-order valence-electron chi connectivity index (χ1n) is 6.07. The number of rotatable bonds is 5. The van der Waals surface area contributed by atoms with Crippen molar-refractivity contribution in [1.82, 2.24) is 0 Å². The molecule has 3 unspecified atom stereocenters. The monoisotopic (exact) mass is 216 g/mol. The highest BCUT2D eigenvalue weighted by Crippen LogP contribution is 2.27. The Morgan fingerprint density at radius 3 is 2.53 bits per heavy atom. The molecule has 1 fully saturated rings. The van der Waals surface area contributed by atoms with Crippen LogP contribution in [0.25, 0.3) is 0 Å². The van der Waals surface area contributed by atoms with Crippen molar-refractivity contribution in [3.05, 3.63) is 0 Å². The van der Waals surface area contributed by atoms with Gasteiger partial charge in [0.1, 0.15) is 0 Å². The van der Waals surface area contributed by atoms with Gasteiger partial charge in [0.15, 0.2) is 0 Å². The highest BCUT2D eigenvalue weighted by molar-refractivity contribution is 4.76. The molecule has 15 heavy (non-hydrogen) atoms. The van der Waals surface area contributed by atoms with Crippen LogP contribution in [-0.4, -0.2) is 35.1 Å². The Balaban J connectivity index is 2.20. The highest BCUT2D eigenvalue weighted by atomic mass is 16.5. The van der Waals surface area contributed by atoms with Crippen molar-refractivity contribution in [2.24, 2.45) is 5.92 Å². The van der Waals surface area contributed by atoms with Crippen LogP contribution in [0.5, 0.6) is 0 Å². The smallest absolute Gasteiger partial charge is 0.0777 e. The average molecular weight is 216 g/mol. The lowest BCUT2D eigenvalue weighted by Gasteiger charge is -2.29. The van der Waals surface area contributed by atoms with E-state index in [1.54, 1.807) is 0 Å². The maximum atomic E-state index is 9.74. The summed E-state index contributed by atoms with van der Waals surface area (Å²) >= 11 is 0. The largest absolute Gasteiger partial charge is 0.393 e.